The Balaban J connectivity index is 1.80. The summed E-state index contributed by atoms with van der Waals surface area (Å²) in [4.78, 5) is 8.53. The summed E-state index contributed by atoms with van der Waals surface area (Å²) in [6.45, 7) is 1.30. The zero-order valence-electron chi connectivity index (χ0n) is 10.3. The van der Waals surface area contributed by atoms with Crippen LogP contribution in [0.15, 0.2) is 42.0 Å². The number of rotatable bonds is 4. The van der Waals surface area contributed by atoms with E-state index in [-0.39, 0.29) is 0 Å². The average Bonchev–Trinajstić information content (AvgIpc) is 2.94. The molecule has 0 bridgehead atoms. The molecule has 4 nitrogen and oxygen atoms in total. The first-order valence-electron chi connectivity index (χ1n) is 6.07. The van der Waals surface area contributed by atoms with E-state index in [0.717, 1.165) is 28.1 Å². The van der Waals surface area contributed by atoms with Gasteiger partial charge in [-0.25, -0.2) is 9.97 Å². The molecule has 0 saturated heterocycles. The third-order valence-electron chi connectivity index (χ3n) is 2.93. The quantitative estimate of drug-likeness (QED) is 0.765. The third-order valence-corrected chi connectivity index (χ3v) is 3.84. The van der Waals surface area contributed by atoms with Crippen molar-refractivity contribution in [3.63, 3.8) is 0 Å². The number of nitrogens with one attached hydrogen (secondary N) is 1. The summed E-state index contributed by atoms with van der Waals surface area (Å²) in [5.74, 6) is 0.887. The van der Waals surface area contributed by atoms with Gasteiger partial charge in [0.25, 0.3) is 0 Å². The van der Waals surface area contributed by atoms with Crippen molar-refractivity contribution in [2.24, 2.45) is 5.73 Å². The van der Waals surface area contributed by atoms with Crippen LogP contribution < -0.4 is 11.1 Å². The maximum absolute atomic E-state index is 5.65. The molecule has 3 rings (SSSR count). The van der Waals surface area contributed by atoms with Crippen molar-refractivity contribution in [2.45, 2.75) is 13.1 Å². The fraction of sp³-hybridized carbons (Fsp3) is 0.143. The molecule has 0 aliphatic rings. The number of aromatic nitrogens is 2. The van der Waals surface area contributed by atoms with Crippen LogP contribution >= 0.6 is 11.3 Å². The smallest absolute Gasteiger partial charge is 0.147 e. The van der Waals surface area contributed by atoms with Gasteiger partial charge in [-0.1, -0.05) is 24.3 Å². The second-order valence-corrected chi connectivity index (χ2v) is 5.15. The number of hydrogen-bond acceptors (Lipinski definition) is 5. The molecule has 0 aliphatic heterocycles. The largest absolute Gasteiger partial charge is 0.365 e. The molecule has 5 heteroatoms. The Hall–Kier alpha value is -1.98. The van der Waals surface area contributed by atoms with Gasteiger partial charge in [-0.05, 0) is 22.6 Å². The minimum Gasteiger partial charge on any atom is -0.365 e. The summed E-state index contributed by atoms with van der Waals surface area (Å²) in [7, 11) is 0. The Morgan fingerprint density at radius 2 is 2.05 bits per heavy atom. The van der Waals surface area contributed by atoms with E-state index >= 15 is 0 Å². The van der Waals surface area contributed by atoms with E-state index in [2.05, 4.69) is 27.4 Å². The molecule has 0 amide bonds. The molecule has 0 unspecified atom stereocenters. The summed E-state index contributed by atoms with van der Waals surface area (Å²) < 4.78 is 1.09. The Morgan fingerprint density at radius 3 is 2.95 bits per heavy atom. The third kappa shape index (κ3) is 2.57. The molecule has 0 aliphatic carbocycles. The van der Waals surface area contributed by atoms with Crippen molar-refractivity contribution in [1.82, 2.24) is 9.97 Å². The molecule has 0 spiro atoms. The lowest BCUT2D eigenvalue weighted by molar-refractivity contribution is 1.04. The highest BCUT2D eigenvalue weighted by Crippen LogP contribution is 2.25. The van der Waals surface area contributed by atoms with Crippen molar-refractivity contribution >= 4 is 27.4 Å². The van der Waals surface area contributed by atoms with Gasteiger partial charge in [-0.3, -0.25) is 0 Å². The van der Waals surface area contributed by atoms with Crippen LogP contribution in [0.2, 0.25) is 0 Å². The maximum atomic E-state index is 5.65. The first kappa shape index (κ1) is 12.1. The maximum Gasteiger partial charge on any atom is 0.147 e. The van der Waals surface area contributed by atoms with Gasteiger partial charge in [0.1, 0.15) is 12.1 Å². The molecule has 0 atom stereocenters. The van der Waals surface area contributed by atoms with Crippen molar-refractivity contribution < 1.29 is 0 Å². The van der Waals surface area contributed by atoms with Gasteiger partial charge in [-0.15, -0.1) is 11.3 Å². The number of fused-ring (bicyclic) bond motifs is 1. The highest BCUT2D eigenvalue weighted by atomic mass is 32.1. The fourth-order valence-electron chi connectivity index (χ4n) is 1.97. The number of nitrogens with two attached hydrogens (primary N) is 1. The lowest BCUT2D eigenvalue weighted by Crippen LogP contribution is -2.03. The lowest BCUT2D eigenvalue weighted by atomic mass is 10.1. The monoisotopic (exact) mass is 270 g/mol. The zero-order valence-corrected chi connectivity index (χ0v) is 11.2. The van der Waals surface area contributed by atoms with Crippen LogP contribution in [0, 0.1) is 0 Å². The molecule has 0 fully saturated rings. The summed E-state index contributed by atoms with van der Waals surface area (Å²) in [5, 5.41) is 5.39. The lowest BCUT2D eigenvalue weighted by Gasteiger charge is -2.07. The van der Waals surface area contributed by atoms with Gasteiger partial charge < -0.3 is 11.1 Å². The van der Waals surface area contributed by atoms with Gasteiger partial charge in [0.2, 0.25) is 0 Å². The van der Waals surface area contributed by atoms with Crippen molar-refractivity contribution in [2.75, 3.05) is 5.32 Å². The van der Waals surface area contributed by atoms with E-state index in [9.17, 15) is 0 Å². The summed E-state index contributed by atoms with van der Waals surface area (Å²) in [6, 6.07) is 10.3. The van der Waals surface area contributed by atoms with Crippen LogP contribution in [0.1, 0.15) is 11.1 Å². The topological polar surface area (TPSA) is 63.8 Å². The molecule has 3 N–H and O–H groups in total. The average molecular weight is 270 g/mol. The van der Waals surface area contributed by atoms with Gasteiger partial charge in [0.15, 0.2) is 0 Å². The molecule has 0 radical (unpaired) electrons. The first-order valence-corrected chi connectivity index (χ1v) is 6.95. The van der Waals surface area contributed by atoms with Crippen LogP contribution in [-0.2, 0) is 13.1 Å². The normalized spacial score (nSPS) is 10.8. The van der Waals surface area contributed by atoms with E-state index < -0.39 is 0 Å². The highest BCUT2D eigenvalue weighted by molar-refractivity contribution is 7.17. The van der Waals surface area contributed by atoms with E-state index in [0.29, 0.717) is 6.54 Å². The Bertz CT molecular complexity index is 692. The predicted molar refractivity (Wildman–Crippen MR) is 79.1 cm³/mol. The molecule has 19 heavy (non-hydrogen) atoms. The van der Waals surface area contributed by atoms with Gasteiger partial charge in [0, 0.05) is 13.1 Å². The van der Waals surface area contributed by atoms with Crippen LogP contribution in [-0.4, -0.2) is 9.97 Å². The van der Waals surface area contributed by atoms with Crippen LogP contribution in [0.3, 0.4) is 0 Å². The molecule has 3 aromatic rings. The molecular formula is C14H14N4S. The number of anilines is 1. The SMILES string of the molecule is NCc1cccc(CNc2ncnc3ccsc23)c1. The highest BCUT2D eigenvalue weighted by Gasteiger charge is 2.04. The molecular weight excluding hydrogens is 256 g/mol. The summed E-state index contributed by atoms with van der Waals surface area (Å²) in [6.07, 6.45) is 1.59. The second-order valence-electron chi connectivity index (χ2n) is 4.23. The van der Waals surface area contributed by atoms with E-state index in [1.807, 2.05) is 23.6 Å². The predicted octanol–water partition coefficient (Wildman–Crippen LogP) is 2.76. The minimum atomic E-state index is 0.566. The summed E-state index contributed by atoms with van der Waals surface area (Å²) in [5.41, 5.74) is 8.97. The fourth-order valence-corrected chi connectivity index (χ4v) is 2.78. The summed E-state index contributed by atoms with van der Waals surface area (Å²) >= 11 is 1.65. The number of thiophene rings is 1. The minimum absolute atomic E-state index is 0.566. The number of benzene rings is 1. The molecule has 2 aromatic heterocycles. The van der Waals surface area contributed by atoms with Crippen molar-refractivity contribution in [3.8, 4) is 0 Å². The van der Waals surface area contributed by atoms with Crippen LogP contribution in [0.25, 0.3) is 10.2 Å². The second kappa shape index (κ2) is 5.34. The Morgan fingerprint density at radius 1 is 1.16 bits per heavy atom. The van der Waals surface area contributed by atoms with Crippen LogP contribution in [0.4, 0.5) is 5.82 Å². The Kier molecular flexibility index (Phi) is 3.39. The van der Waals surface area contributed by atoms with E-state index in [1.54, 1.807) is 17.7 Å². The first-order chi connectivity index (χ1) is 9.36. The van der Waals surface area contributed by atoms with Gasteiger partial charge >= 0.3 is 0 Å². The zero-order chi connectivity index (χ0) is 13.1. The number of hydrogen-bond donors (Lipinski definition) is 2. The molecule has 1 aromatic carbocycles. The van der Waals surface area contributed by atoms with E-state index in [1.165, 1.54) is 5.56 Å². The van der Waals surface area contributed by atoms with Gasteiger partial charge in [-0.2, -0.15) is 0 Å². The van der Waals surface area contributed by atoms with Gasteiger partial charge in [0.05, 0.1) is 10.2 Å². The van der Waals surface area contributed by atoms with Crippen LogP contribution in [0.5, 0.6) is 0 Å². The van der Waals surface area contributed by atoms with Crippen molar-refractivity contribution in [3.05, 3.63) is 53.2 Å². The van der Waals surface area contributed by atoms with Crippen molar-refractivity contribution in [1.29, 1.82) is 0 Å². The standard InChI is InChI=1S/C14H14N4S/c15-7-10-2-1-3-11(6-10)8-16-14-13-12(4-5-19-13)17-9-18-14/h1-6,9H,7-8,15H2,(H,16,17,18). The number of nitrogens with zero attached hydrogens (tertiary/aromatic N) is 2. The molecule has 96 valence electrons. The van der Waals surface area contributed by atoms with E-state index in [4.69, 9.17) is 5.73 Å². The molecule has 2 heterocycles. The molecule has 0 saturated carbocycles. The Labute approximate surface area is 115 Å².